The lowest BCUT2D eigenvalue weighted by Gasteiger charge is -2.11. The summed E-state index contributed by atoms with van der Waals surface area (Å²) in [5, 5.41) is 7.52. The Kier molecular flexibility index (Phi) is 3.73. The first-order chi connectivity index (χ1) is 11.6. The van der Waals surface area contributed by atoms with Crippen molar-refractivity contribution in [1.82, 2.24) is 19.7 Å². The first-order valence-corrected chi connectivity index (χ1v) is 8.89. The quantitative estimate of drug-likeness (QED) is 0.506. The maximum atomic E-state index is 4.89. The average molecular weight is 334 g/mol. The Hall–Kier alpha value is -2.40. The molecule has 120 valence electrons. The summed E-state index contributed by atoms with van der Waals surface area (Å²) in [6.07, 6.45) is 1.78. The summed E-state index contributed by atoms with van der Waals surface area (Å²) in [7, 11) is 0. The normalized spacial score (nSPS) is 11.7. The fourth-order valence-electron chi connectivity index (χ4n) is 2.89. The van der Waals surface area contributed by atoms with Crippen molar-refractivity contribution in [3.05, 3.63) is 54.4 Å². The van der Waals surface area contributed by atoms with Gasteiger partial charge in [-0.25, -0.2) is 9.97 Å². The van der Waals surface area contributed by atoms with Crippen LogP contribution in [0.3, 0.4) is 0 Å². The van der Waals surface area contributed by atoms with E-state index >= 15 is 0 Å². The van der Waals surface area contributed by atoms with Crippen molar-refractivity contribution in [3.63, 3.8) is 0 Å². The third-order valence-corrected chi connectivity index (χ3v) is 4.99. The molecule has 5 heteroatoms. The number of hydrogen-bond acceptors (Lipinski definition) is 4. The van der Waals surface area contributed by atoms with Crippen LogP contribution in [-0.4, -0.2) is 25.0 Å². The van der Waals surface area contributed by atoms with Crippen LogP contribution in [0.15, 0.2) is 53.6 Å². The van der Waals surface area contributed by atoms with Gasteiger partial charge in [-0.05, 0) is 25.1 Å². The highest BCUT2D eigenvalue weighted by Gasteiger charge is 2.19. The Bertz CT molecular complexity index is 1020. The van der Waals surface area contributed by atoms with Gasteiger partial charge in [-0.3, -0.25) is 0 Å². The molecule has 0 N–H and O–H groups in total. The highest BCUT2D eigenvalue weighted by molar-refractivity contribution is 8.00. The van der Waals surface area contributed by atoms with Gasteiger partial charge in [-0.1, -0.05) is 38.1 Å². The van der Waals surface area contributed by atoms with Gasteiger partial charge in [0.25, 0.3) is 0 Å². The van der Waals surface area contributed by atoms with Crippen molar-refractivity contribution in [2.45, 2.75) is 30.9 Å². The van der Waals surface area contributed by atoms with Crippen molar-refractivity contribution in [2.75, 3.05) is 0 Å². The Morgan fingerprint density at radius 2 is 1.83 bits per heavy atom. The van der Waals surface area contributed by atoms with Crippen molar-refractivity contribution in [2.24, 2.45) is 0 Å². The minimum atomic E-state index is 0.483. The number of aryl methyl sites for hydroxylation is 1. The molecule has 1 aromatic carbocycles. The van der Waals surface area contributed by atoms with Gasteiger partial charge < -0.3 is 0 Å². The second-order valence-corrected chi connectivity index (χ2v) is 7.60. The van der Waals surface area contributed by atoms with Crippen molar-refractivity contribution < 1.29 is 0 Å². The predicted molar refractivity (Wildman–Crippen MR) is 99.9 cm³/mol. The first kappa shape index (κ1) is 15.1. The van der Waals surface area contributed by atoms with E-state index in [4.69, 9.17) is 10.1 Å². The molecule has 3 heterocycles. The number of thioether (sulfide) groups is 1. The van der Waals surface area contributed by atoms with Crippen LogP contribution in [0.5, 0.6) is 0 Å². The molecule has 0 aliphatic rings. The van der Waals surface area contributed by atoms with Gasteiger partial charge in [0.1, 0.15) is 0 Å². The molecule has 0 fully saturated rings. The minimum Gasteiger partial charge on any atom is -0.237 e. The number of aromatic nitrogens is 4. The molecule has 0 bridgehead atoms. The molecule has 0 unspecified atom stereocenters. The van der Waals surface area contributed by atoms with Gasteiger partial charge in [0.2, 0.25) is 0 Å². The molecular formula is C19H18N4S. The van der Waals surface area contributed by atoms with Crippen molar-refractivity contribution in [1.29, 1.82) is 0 Å². The Balaban J connectivity index is 2.11. The van der Waals surface area contributed by atoms with E-state index in [1.807, 2.05) is 47.6 Å². The minimum absolute atomic E-state index is 0.483. The molecule has 0 saturated carbocycles. The Morgan fingerprint density at radius 1 is 1.04 bits per heavy atom. The van der Waals surface area contributed by atoms with E-state index in [0.29, 0.717) is 5.25 Å². The number of para-hydroxylation sites is 1. The van der Waals surface area contributed by atoms with Crippen molar-refractivity contribution in [3.8, 4) is 5.82 Å². The molecule has 0 saturated heterocycles. The second-order valence-electron chi connectivity index (χ2n) is 6.01. The average Bonchev–Trinajstić information content (AvgIpc) is 2.92. The Labute approximate surface area is 144 Å². The topological polar surface area (TPSA) is 43.6 Å². The van der Waals surface area contributed by atoms with E-state index in [9.17, 15) is 0 Å². The maximum Gasteiger partial charge on any atom is 0.166 e. The molecule has 4 aromatic rings. The predicted octanol–water partition coefficient (Wildman–Crippen LogP) is 4.78. The lowest BCUT2D eigenvalue weighted by Crippen LogP contribution is -2.00. The zero-order valence-electron chi connectivity index (χ0n) is 13.9. The summed E-state index contributed by atoms with van der Waals surface area (Å²) in [5.41, 5.74) is 2.84. The summed E-state index contributed by atoms with van der Waals surface area (Å²) in [6, 6.07) is 14.1. The molecule has 4 nitrogen and oxygen atoms in total. The number of rotatable bonds is 3. The van der Waals surface area contributed by atoms with Crippen LogP contribution in [0.2, 0.25) is 0 Å². The number of hydrogen-bond donors (Lipinski definition) is 0. The van der Waals surface area contributed by atoms with E-state index in [1.165, 1.54) is 10.3 Å². The maximum absolute atomic E-state index is 4.89. The van der Waals surface area contributed by atoms with Gasteiger partial charge in [0.05, 0.1) is 16.6 Å². The third-order valence-electron chi connectivity index (χ3n) is 3.86. The molecule has 0 aliphatic heterocycles. The Morgan fingerprint density at radius 3 is 2.58 bits per heavy atom. The number of benzene rings is 1. The molecular weight excluding hydrogens is 316 g/mol. The smallest absolute Gasteiger partial charge is 0.166 e. The lowest BCUT2D eigenvalue weighted by molar-refractivity contribution is 0.849. The van der Waals surface area contributed by atoms with Crippen molar-refractivity contribution >= 4 is 33.7 Å². The summed E-state index contributed by atoms with van der Waals surface area (Å²) in [4.78, 5) is 10.6. The fraction of sp³-hybridized carbons (Fsp3) is 0.211. The van der Waals surface area contributed by atoms with E-state index in [-0.39, 0.29) is 0 Å². The number of nitrogens with zero attached hydrogens (tertiary/aromatic N) is 4. The second kappa shape index (κ2) is 5.91. The molecule has 0 aliphatic carbocycles. The van der Waals surface area contributed by atoms with Gasteiger partial charge >= 0.3 is 0 Å². The zero-order valence-corrected chi connectivity index (χ0v) is 14.7. The van der Waals surface area contributed by atoms with Crippen LogP contribution < -0.4 is 0 Å². The van der Waals surface area contributed by atoms with E-state index in [2.05, 4.69) is 37.0 Å². The molecule has 0 spiro atoms. The fourth-order valence-corrected chi connectivity index (χ4v) is 4.02. The first-order valence-electron chi connectivity index (χ1n) is 8.01. The molecule has 0 amide bonds. The van der Waals surface area contributed by atoms with E-state index in [0.717, 1.165) is 28.1 Å². The zero-order chi connectivity index (χ0) is 16.7. The third kappa shape index (κ3) is 2.45. The van der Waals surface area contributed by atoms with Gasteiger partial charge in [0.15, 0.2) is 11.5 Å². The van der Waals surface area contributed by atoms with Gasteiger partial charge in [0, 0.05) is 21.7 Å². The van der Waals surface area contributed by atoms with Gasteiger partial charge in [-0.2, -0.15) is 9.78 Å². The largest absolute Gasteiger partial charge is 0.237 e. The SMILES string of the molecule is Cc1nn(-c2ccccn2)c2nc3ccccc3c(SC(C)C)c12. The summed E-state index contributed by atoms with van der Waals surface area (Å²) in [5.74, 6) is 0.791. The number of fused-ring (bicyclic) bond motifs is 2. The van der Waals surface area contributed by atoms with Crippen LogP contribution in [0.25, 0.3) is 27.8 Å². The lowest BCUT2D eigenvalue weighted by atomic mass is 10.1. The molecule has 0 radical (unpaired) electrons. The molecule has 4 rings (SSSR count). The van der Waals surface area contributed by atoms with Crippen LogP contribution in [0.4, 0.5) is 0 Å². The summed E-state index contributed by atoms with van der Waals surface area (Å²) >= 11 is 1.87. The van der Waals surface area contributed by atoms with Gasteiger partial charge in [-0.15, -0.1) is 11.8 Å². The van der Waals surface area contributed by atoms with E-state index < -0.39 is 0 Å². The summed E-state index contributed by atoms with van der Waals surface area (Å²) in [6.45, 7) is 6.47. The molecule has 24 heavy (non-hydrogen) atoms. The number of pyridine rings is 2. The standard InChI is InChI=1S/C19H18N4S/c1-12(2)24-18-14-8-4-5-9-15(14)21-19-17(18)13(3)22-23(19)16-10-6-7-11-20-16/h4-12H,1-3H3. The van der Waals surface area contributed by atoms with Crippen LogP contribution >= 0.6 is 11.8 Å². The molecule has 0 atom stereocenters. The van der Waals surface area contributed by atoms with E-state index in [1.54, 1.807) is 6.20 Å². The highest BCUT2D eigenvalue weighted by atomic mass is 32.2. The summed E-state index contributed by atoms with van der Waals surface area (Å²) < 4.78 is 1.85. The molecule has 3 aromatic heterocycles. The van der Waals surface area contributed by atoms with Crippen LogP contribution in [0.1, 0.15) is 19.5 Å². The van der Waals surface area contributed by atoms with Crippen LogP contribution in [0, 0.1) is 6.92 Å². The van der Waals surface area contributed by atoms with Crippen LogP contribution in [-0.2, 0) is 0 Å². The highest BCUT2D eigenvalue weighted by Crippen LogP contribution is 2.38. The monoisotopic (exact) mass is 334 g/mol.